The summed E-state index contributed by atoms with van der Waals surface area (Å²) in [6.45, 7) is 19.2. The van der Waals surface area contributed by atoms with Gasteiger partial charge in [-0.25, -0.2) is 4.57 Å². The van der Waals surface area contributed by atoms with Crippen LogP contribution in [-0.4, -0.2) is 12.5 Å². The molecule has 0 atom stereocenters. The Hall–Kier alpha value is -3.43. The molecule has 196 valence electrons. The molecule has 2 nitrogen and oxygen atoms in total. The third-order valence-corrected chi connectivity index (χ3v) is 10.8. The molecule has 0 saturated carbocycles. The van der Waals surface area contributed by atoms with Gasteiger partial charge < -0.3 is 4.40 Å². The summed E-state index contributed by atoms with van der Waals surface area (Å²) < 4.78 is 5.05. The van der Waals surface area contributed by atoms with Gasteiger partial charge in [0.25, 0.3) is 0 Å². The fourth-order valence-corrected chi connectivity index (χ4v) is 8.79. The summed E-state index contributed by atoms with van der Waals surface area (Å²) in [6, 6.07) is 21.1. The number of hydrogen-bond donors (Lipinski definition) is 0. The van der Waals surface area contributed by atoms with E-state index < -0.39 is 8.07 Å². The highest BCUT2D eigenvalue weighted by Gasteiger charge is 2.31. The van der Waals surface area contributed by atoms with E-state index >= 15 is 0 Å². The number of hydrogen-bond acceptors (Lipinski definition) is 0. The minimum Gasteiger partial charge on any atom is -0.307 e. The summed E-state index contributed by atoms with van der Waals surface area (Å²) in [7, 11) is 0.584. The van der Waals surface area contributed by atoms with E-state index in [1.807, 2.05) is 0 Å². The lowest BCUT2D eigenvalue weighted by Gasteiger charge is -2.25. The Morgan fingerprint density at radius 3 is 2.26 bits per heavy atom. The molecular formula is C36H39N2Si+. The number of aromatic nitrogens is 2. The zero-order valence-corrected chi connectivity index (χ0v) is 25.9. The number of para-hydroxylation sites is 1. The van der Waals surface area contributed by atoms with Gasteiger partial charge in [0, 0.05) is 16.8 Å². The Morgan fingerprint density at radius 1 is 0.795 bits per heavy atom. The first-order valence-corrected chi connectivity index (χ1v) is 17.8. The summed E-state index contributed by atoms with van der Waals surface area (Å²) in [4.78, 5) is 0. The average Bonchev–Trinajstić information content (AvgIpc) is 3.20. The molecule has 0 aliphatic rings. The van der Waals surface area contributed by atoms with Crippen molar-refractivity contribution in [3.63, 3.8) is 0 Å². The molecule has 0 unspecified atom stereocenters. The van der Waals surface area contributed by atoms with Crippen LogP contribution in [0.15, 0.2) is 60.8 Å². The van der Waals surface area contributed by atoms with Gasteiger partial charge in [-0.2, -0.15) is 0 Å². The number of rotatable bonds is 2. The minimum atomic E-state index is -1.65. The van der Waals surface area contributed by atoms with Crippen molar-refractivity contribution in [1.29, 1.82) is 0 Å². The molecule has 4 aromatic carbocycles. The minimum absolute atomic E-state index is 0.150. The number of benzene rings is 4. The molecule has 0 saturated heterocycles. The van der Waals surface area contributed by atoms with Crippen LogP contribution in [0.25, 0.3) is 59.8 Å². The van der Waals surface area contributed by atoms with Gasteiger partial charge in [-0.05, 0) is 64.2 Å². The Labute approximate surface area is 232 Å². The first-order chi connectivity index (χ1) is 18.4. The van der Waals surface area contributed by atoms with Crippen LogP contribution in [0.2, 0.25) is 19.6 Å². The molecule has 0 amide bonds. The van der Waals surface area contributed by atoms with Crippen LogP contribution in [0.4, 0.5) is 0 Å². The Morgan fingerprint density at radius 2 is 1.54 bits per heavy atom. The van der Waals surface area contributed by atoms with Gasteiger partial charge in [0.2, 0.25) is 5.52 Å². The van der Waals surface area contributed by atoms with Crippen LogP contribution >= 0.6 is 0 Å². The van der Waals surface area contributed by atoms with Crippen molar-refractivity contribution in [2.24, 2.45) is 12.5 Å². The molecule has 39 heavy (non-hydrogen) atoms. The van der Waals surface area contributed by atoms with Crippen LogP contribution in [0.5, 0.6) is 0 Å². The summed E-state index contributed by atoms with van der Waals surface area (Å²) >= 11 is 0. The third-order valence-electron chi connectivity index (χ3n) is 8.81. The first kappa shape index (κ1) is 24.6. The SMILES string of the molecule is Cc1ccc2c(CC(C)(C)C)c3c(c(C)c2c1)c1c2c(cc[n+]1C)cc([Si](C)(C)C)c1c4ccccc4n3c12. The highest BCUT2D eigenvalue weighted by atomic mass is 28.3. The lowest BCUT2D eigenvalue weighted by atomic mass is 9.83. The zero-order valence-electron chi connectivity index (χ0n) is 24.9. The highest BCUT2D eigenvalue weighted by Crippen LogP contribution is 2.45. The quantitative estimate of drug-likeness (QED) is 0.0919. The highest BCUT2D eigenvalue weighted by molar-refractivity contribution is 6.91. The third kappa shape index (κ3) is 3.35. The monoisotopic (exact) mass is 527 g/mol. The fourth-order valence-electron chi connectivity index (χ4n) is 7.20. The van der Waals surface area contributed by atoms with Crippen molar-refractivity contribution < 1.29 is 4.57 Å². The summed E-state index contributed by atoms with van der Waals surface area (Å²) in [6.07, 6.45) is 3.30. The molecule has 7 rings (SSSR count). The average molecular weight is 528 g/mol. The maximum absolute atomic E-state index is 2.67. The molecule has 3 heterocycles. The van der Waals surface area contributed by atoms with Gasteiger partial charge >= 0.3 is 0 Å². The standard InChI is InChI=1S/C36H39N2Si/c1-21-14-15-24-26(18-21)22(2)30-33(27(24)20-36(3,4)5)38-28-13-11-10-12-25(28)32-29(39(7,8)9)19-23-16-17-37(6)34(30)31(23)35(32)38/h10-19H,20H2,1-9H3/q+1. The fraction of sp³-hybridized carbons (Fsp3) is 0.306. The number of aryl methyl sites for hydroxylation is 3. The van der Waals surface area contributed by atoms with Crippen molar-refractivity contribution in [3.8, 4) is 0 Å². The molecule has 0 bridgehead atoms. The van der Waals surface area contributed by atoms with Gasteiger partial charge in [-0.15, -0.1) is 0 Å². The molecule has 3 aromatic heterocycles. The second-order valence-corrected chi connectivity index (χ2v) is 19.1. The zero-order chi connectivity index (χ0) is 27.6. The van der Waals surface area contributed by atoms with Gasteiger partial charge in [-0.1, -0.05) is 88.4 Å². The predicted octanol–water partition coefficient (Wildman–Crippen LogP) is 8.72. The van der Waals surface area contributed by atoms with Crippen LogP contribution in [-0.2, 0) is 13.5 Å². The molecule has 0 radical (unpaired) electrons. The number of pyridine rings is 2. The van der Waals surface area contributed by atoms with E-state index in [0.717, 1.165) is 6.42 Å². The van der Waals surface area contributed by atoms with Gasteiger partial charge in [0.05, 0.1) is 35.4 Å². The molecule has 0 aliphatic heterocycles. The lowest BCUT2D eigenvalue weighted by Crippen LogP contribution is -2.38. The second-order valence-electron chi connectivity index (χ2n) is 14.1. The number of fused-ring (bicyclic) bond motifs is 7. The van der Waals surface area contributed by atoms with E-state index in [9.17, 15) is 0 Å². The van der Waals surface area contributed by atoms with Crippen molar-refractivity contribution in [3.05, 3.63) is 77.5 Å². The lowest BCUT2D eigenvalue weighted by molar-refractivity contribution is -0.643. The Bertz CT molecular complexity index is 2130. The van der Waals surface area contributed by atoms with Crippen molar-refractivity contribution >= 4 is 73.0 Å². The summed E-state index contributed by atoms with van der Waals surface area (Å²) in [5.41, 5.74) is 9.83. The molecule has 3 heteroatoms. The maximum Gasteiger partial charge on any atom is 0.224 e. The molecular weight excluding hydrogens is 488 g/mol. The summed E-state index contributed by atoms with van der Waals surface area (Å²) in [5, 5.41) is 11.4. The molecule has 7 aromatic rings. The largest absolute Gasteiger partial charge is 0.307 e. The Balaban J connectivity index is 1.94. The van der Waals surface area contributed by atoms with Crippen molar-refractivity contribution in [1.82, 2.24) is 4.40 Å². The van der Waals surface area contributed by atoms with E-state index in [4.69, 9.17) is 0 Å². The van der Waals surface area contributed by atoms with E-state index in [1.165, 1.54) is 76.5 Å². The predicted molar refractivity (Wildman–Crippen MR) is 173 cm³/mol. The molecule has 0 spiro atoms. The van der Waals surface area contributed by atoms with Gasteiger partial charge in [-0.3, -0.25) is 0 Å². The van der Waals surface area contributed by atoms with Crippen molar-refractivity contribution in [2.45, 2.75) is 60.7 Å². The first-order valence-electron chi connectivity index (χ1n) is 14.3. The van der Waals surface area contributed by atoms with E-state index in [0.29, 0.717) is 0 Å². The van der Waals surface area contributed by atoms with Crippen LogP contribution < -0.4 is 9.75 Å². The molecule has 0 N–H and O–H groups in total. The van der Waals surface area contributed by atoms with E-state index in [-0.39, 0.29) is 5.41 Å². The number of nitrogens with zero attached hydrogens (tertiary/aromatic N) is 2. The van der Waals surface area contributed by atoms with Gasteiger partial charge in [0.1, 0.15) is 7.05 Å². The second kappa shape index (κ2) is 7.82. The van der Waals surface area contributed by atoms with Gasteiger partial charge in [0.15, 0.2) is 6.20 Å². The summed E-state index contributed by atoms with van der Waals surface area (Å²) in [5.74, 6) is 0. The van der Waals surface area contributed by atoms with Crippen LogP contribution in [0.3, 0.4) is 0 Å². The van der Waals surface area contributed by atoms with Crippen LogP contribution in [0, 0.1) is 19.3 Å². The molecule has 0 aliphatic carbocycles. The molecule has 0 fully saturated rings. The smallest absolute Gasteiger partial charge is 0.224 e. The Kier molecular flexibility index (Phi) is 4.93. The van der Waals surface area contributed by atoms with E-state index in [2.05, 4.69) is 131 Å². The van der Waals surface area contributed by atoms with Crippen LogP contribution in [0.1, 0.15) is 37.5 Å². The van der Waals surface area contributed by atoms with E-state index in [1.54, 1.807) is 5.19 Å². The topological polar surface area (TPSA) is 8.29 Å². The van der Waals surface area contributed by atoms with Crippen molar-refractivity contribution in [2.75, 3.05) is 0 Å². The maximum atomic E-state index is 2.67. The normalized spacial score (nSPS) is 13.4.